The summed E-state index contributed by atoms with van der Waals surface area (Å²) in [7, 11) is -4.45. The zero-order valence-corrected chi connectivity index (χ0v) is 17.6. The number of nitrogens with one attached hydrogen (secondary N) is 1. The lowest BCUT2D eigenvalue weighted by Crippen LogP contribution is -2.47. The maximum atomic E-state index is 12.1. The fourth-order valence-corrected chi connectivity index (χ4v) is 4.68. The number of hydrogen-bond donors (Lipinski definition) is 3. The highest BCUT2D eigenvalue weighted by molar-refractivity contribution is 7.87. The molecule has 0 saturated carbocycles. The average Bonchev–Trinajstić information content (AvgIpc) is 2.73. The summed E-state index contributed by atoms with van der Waals surface area (Å²) in [5.41, 5.74) is 3.60. The highest BCUT2D eigenvalue weighted by atomic mass is 35.5. The topological polar surface area (TPSA) is 110 Å². The van der Waals surface area contributed by atoms with E-state index in [4.69, 9.17) is 16.8 Å². The quantitative estimate of drug-likeness (QED) is 0.269. The number of rotatable bonds is 6. The first-order valence-corrected chi connectivity index (χ1v) is 11.1. The van der Waals surface area contributed by atoms with Crippen LogP contribution in [0.15, 0.2) is 54.6 Å². The summed E-state index contributed by atoms with van der Waals surface area (Å²) >= 11 is 5.89. The van der Waals surface area contributed by atoms with E-state index in [1.165, 1.54) is 6.08 Å². The molecule has 2 aromatic carbocycles. The number of nitrogens with zero attached hydrogens (tertiary/aromatic N) is 2. The van der Waals surface area contributed by atoms with Gasteiger partial charge in [-0.3, -0.25) is 14.6 Å². The summed E-state index contributed by atoms with van der Waals surface area (Å²) < 4.78 is 35.0. The van der Waals surface area contributed by atoms with Gasteiger partial charge in [-0.15, -0.1) is 0 Å². The number of amides is 1. The Labute approximate surface area is 180 Å². The first-order chi connectivity index (χ1) is 14.3. The molecule has 1 amide bonds. The Morgan fingerprint density at radius 1 is 1.13 bits per heavy atom. The van der Waals surface area contributed by atoms with Crippen molar-refractivity contribution in [1.29, 1.82) is 0 Å². The molecule has 1 saturated heterocycles. The van der Waals surface area contributed by atoms with E-state index in [0.717, 1.165) is 15.6 Å². The van der Waals surface area contributed by atoms with Crippen molar-refractivity contribution in [2.45, 2.75) is 18.9 Å². The van der Waals surface area contributed by atoms with Crippen LogP contribution in [0, 0.1) is 0 Å². The molecule has 30 heavy (non-hydrogen) atoms. The van der Waals surface area contributed by atoms with Crippen molar-refractivity contribution in [1.82, 2.24) is 5.48 Å². The molecule has 0 spiro atoms. The van der Waals surface area contributed by atoms with Crippen LogP contribution in [-0.2, 0) is 15.1 Å². The number of carbonyl (C=O) groups is 1. The van der Waals surface area contributed by atoms with E-state index >= 15 is 0 Å². The molecular formula is C20H22ClN3O5S. The number of piperidine rings is 1. The highest BCUT2D eigenvalue weighted by Gasteiger charge is 2.32. The van der Waals surface area contributed by atoms with E-state index < -0.39 is 22.3 Å². The number of halogens is 1. The van der Waals surface area contributed by atoms with Gasteiger partial charge in [0.15, 0.2) is 0 Å². The Balaban J connectivity index is 1.78. The minimum Gasteiger partial charge on any atom is -0.371 e. The molecule has 0 atom stereocenters. The van der Waals surface area contributed by atoms with Crippen molar-refractivity contribution < 1.29 is 23.0 Å². The largest absolute Gasteiger partial charge is 0.371 e. The van der Waals surface area contributed by atoms with E-state index in [1.54, 1.807) is 35.8 Å². The second-order valence-corrected chi connectivity index (χ2v) is 8.56. The summed E-state index contributed by atoms with van der Waals surface area (Å²) in [4.78, 5) is 13.4. The predicted octanol–water partition coefficient (Wildman–Crippen LogP) is 3.14. The number of hydroxylamine groups is 1. The van der Waals surface area contributed by atoms with Crippen molar-refractivity contribution in [3.8, 4) is 0 Å². The zero-order valence-electron chi connectivity index (χ0n) is 16.0. The second kappa shape index (κ2) is 9.48. The third-order valence-corrected chi connectivity index (χ3v) is 6.19. The Morgan fingerprint density at radius 3 is 2.37 bits per heavy atom. The summed E-state index contributed by atoms with van der Waals surface area (Å²) in [6.45, 7) is 1.11. The molecule has 1 aliphatic heterocycles. The number of benzene rings is 2. The van der Waals surface area contributed by atoms with Crippen molar-refractivity contribution >= 4 is 45.3 Å². The van der Waals surface area contributed by atoms with E-state index in [2.05, 4.69) is 4.90 Å². The van der Waals surface area contributed by atoms with E-state index in [-0.39, 0.29) is 0 Å². The van der Waals surface area contributed by atoms with Crippen LogP contribution in [0.5, 0.6) is 0 Å². The lowest BCUT2D eigenvalue weighted by molar-refractivity contribution is -0.124. The molecule has 3 rings (SSSR count). The minimum atomic E-state index is -4.45. The molecule has 1 fully saturated rings. The molecule has 2 aromatic rings. The van der Waals surface area contributed by atoms with Crippen LogP contribution in [0.3, 0.4) is 0 Å². The van der Waals surface area contributed by atoms with E-state index in [0.29, 0.717) is 36.6 Å². The van der Waals surface area contributed by atoms with E-state index in [1.807, 2.05) is 24.3 Å². The lowest BCUT2D eigenvalue weighted by atomic mass is 10.0. The minimum absolute atomic E-state index is 0.360. The molecule has 3 N–H and O–H groups in total. The Hall–Kier alpha value is -2.59. The van der Waals surface area contributed by atoms with Gasteiger partial charge in [-0.2, -0.15) is 8.42 Å². The molecule has 8 nitrogen and oxygen atoms in total. The standard InChI is InChI=1S/C20H22ClN3O5S/c21-16-6-8-17(9-7-16)24(30(27,28)29)18-11-13-23(14-12-18)19-4-2-1-3-15(19)5-10-20(25)22-26/h1-10,18,26H,11-14H2,(H,22,25)(H,27,28,29)/b10-5+. The summed E-state index contributed by atoms with van der Waals surface area (Å²) in [5.74, 6) is -0.629. The molecule has 0 radical (unpaired) electrons. The van der Waals surface area contributed by atoms with Gasteiger partial charge in [0.25, 0.3) is 5.91 Å². The lowest BCUT2D eigenvalue weighted by Gasteiger charge is -2.39. The highest BCUT2D eigenvalue weighted by Crippen LogP contribution is 2.30. The monoisotopic (exact) mass is 451 g/mol. The Bertz CT molecular complexity index is 1020. The first kappa shape index (κ1) is 22.1. The van der Waals surface area contributed by atoms with Gasteiger partial charge in [-0.1, -0.05) is 29.8 Å². The normalized spacial score (nSPS) is 15.4. The number of anilines is 2. The average molecular weight is 452 g/mol. The molecule has 0 bridgehead atoms. The van der Waals surface area contributed by atoms with Crippen LogP contribution in [0.2, 0.25) is 5.02 Å². The third-order valence-electron chi connectivity index (χ3n) is 4.93. The van der Waals surface area contributed by atoms with Gasteiger partial charge >= 0.3 is 10.3 Å². The van der Waals surface area contributed by atoms with Crippen molar-refractivity contribution in [2.24, 2.45) is 0 Å². The molecule has 0 aromatic heterocycles. The van der Waals surface area contributed by atoms with Crippen molar-refractivity contribution in [3.05, 3.63) is 65.2 Å². The predicted molar refractivity (Wildman–Crippen MR) is 116 cm³/mol. The number of carbonyl (C=O) groups excluding carboxylic acids is 1. The van der Waals surface area contributed by atoms with Crippen LogP contribution < -0.4 is 14.7 Å². The smallest absolute Gasteiger partial charge is 0.360 e. The molecule has 0 unspecified atom stereocenters. The van der Waals surface area contributed by atoms with Gasteiger partial charge in [-0.05, 0) is 54.8 Å². The number of para-hydroxylation sites is 1. The van der Waals surface area contributed by atoms with Crippen LogP contribution >= 0.6 is 11.6 Å². The van der Waals surface area contributed by atoms with Crippen molar-refractivity contribution in [3.63, 3.8) is 0 Å². The van der Waals surface area contributed by atoms with Crippen molar-refractivity contribution in [2.75, 3.05) is 22.3 Å². The van der Waals surface area contributed by atoms with Gasteiger partial charge in [0.2, 0.25) is 0 Å². The molecule has 10 heteroatoms. The first-order valence-electron chi connectivity index (χ1n) is 9.28. The van der Waals surface area contributed by atoms with Gasteiger partial charge in [0.05, 0.1) is 11.7 Å². The number of hydrogen-bond acceptors (Lipinski definition) is 5. The fraction of sp³-hybridized carbons (Fsp3) is 0.250. The van der Waals surface area contributed by atoms with Gasteiger partial charge in [0, 0.05) is 29.9 Å². The van der Waals surface area contributed by atoms with Crippen LogP contribution in [-0.4, -0.2) is 43.2 Å². The molecule has 1 aliphatic rings. The summed E-state index contributed by atoms with van der Waals surface area (Å²) in [5, 5.41) is 9.12. The SMILES string of the molecule is O=C(/C=C/c1ccccc1N1CCC(N(c2ccc(Cl)cc2)S(=O)(=O)O)CC1)NO. The maximum Gasteiger partial charge on any atom is 0.360 e. The van der Waals surface area contributed by atoms with Crippen LogP contribution in [0.1, 0.15) is 18.4 Å². The van der Waals surface area contributed by atoms with Crippen LogP contribution in [0.4, 0.5) is 11.4 Å². The van der Waals surface area contributed by atoms with Gasteiger partial charge in [0.1, 0.15) is 0 Å². The molecular weight excluding hydrogens is 430 g/mol. The summed E-state index contributed by atoms with van der Waals surface area (Å²) in [6.07, 6.45) is 3.83. The second-order valence-electron chi connectivity index (χ2n) is 6.84. The van der Waals surface area contributed by atoms with Gasteiger partial charge < -0.3 is 4.90 Å². The van der Waals surface area contributed by atoms with Crippen LogP contribution in [0.25, 0.3) is 6.08 Å². The molecule has 0 aliphatic carbocycles. The van der Waals surface area contributed by atoms with E-state index in [9.17, 15) is 17.8 Å². The maximum absolute atomic E-state index is 12.1. The Morgan fingerprint density at radius 2 is 1.77 bits per heavy atom. The zero-order chi connectivity index (χ0) is 21.7. The fourth-order valence-electron chi connectivity index (χ4n) is 3.58. The summed E-state index contributed by atoms with van der Waals surface area (Å²) in [6, 6.07) is 13.4. The third kappa shape index (κ3) is 5.31. The molecule has 1 heterocycles. The Kier molecular flexibility index (Phi) is 6.99. The van der Waals surface area contributed by atoms with Gasteiger partial charge in [-0.25, -0.2) is 9.79 Å². The molecule has 160 valence electrons.